The summed E-state index contributed by atoms with van der Waals surface area (Å²) in [6, 6.07) is 8.79. The lowest BCUT2D eigenvalue weighted by Gasteiger charge is -2.38. The van der Waals surface area contributed by atoms with E-state index >= 15 is 0 Å². The second-order valence-electron chi connectivity index (χ2n) is 5.87. The molecule has 7 nitrogen and oxygen atoms in total. The number of carbonyl (C=O) groups excluding carboxylic acids is 1. The number of rotatable bonds is 9. The second kappa shape index (κ2) is 9.30. The molecule has 1 aromatic rings. The summed E-state index contributed by atoms with van der Waals surface area (Å²) < 4.78 is 28.9. The Balaban J connectivity index is 2.67. The van der Waals surface area contributed by atoms with Crippen molar-refractivity contribution < 1.29 is 18.8 Å². The number of ether oxygens (including phenoxy) is 2. The van der Waals surface area contributed by atoms with Gasteiger partial charge in [-0.15, -0.1) is 0 Å². The molecule has 0 aliphatic carbocycles. The fourth-order valence-electron chi connectivity index (χ4n) is 2.39. The van der Waals surface area contributed by atoms with E-state index in [1.54, 1.807) is 80.6 Å². The van der Waals surface area contributed by atoms with E-state index in [0.717, 1.165) is 0 Å². The molecular weight excluding hydrogens is 329 g/mol. The highest BCUT2D eigenvalue weighted by Crippen LogP contribution is 2.51. The van der Waals surface area contributed by atoms with Crippen molar-refractivity contribution in [3.05, 3.63) is 35.9 Å². The van der Waals surface area contributed by atoms with Gasteiger partial charge in [-0.25, -0.2) is 18.8 Å². The van der Waals surface area contributed by atoms with Crippen LogP contribution in [-0.2, 0) is 14.0 Å². The normalized spacial score (nSPS) is 13.5. The SMILES string of the molecule is COC(COC(=O)c1ccccc1)CN(C)P(=O)(N(C)C)N(C)C. The third kappa shape index (κ3) is 5.13. The van der Waals surface area contributed by atoms with Crippen LogP contribution in [0.25, 0.3) is 0 Å². The minimum absolute atomic E-state index is 0.0927. The number of hydrogen-bond acceptors (Lipinski definition) is 4. The van der Waals surface area contributed by atoms with E-state index in [-0.39, 0.29) is 12.7 Å². The second-order valence-corrected chi connectivity index (χ2v) is 9.18. The summed E-state index contributed by atoms with van der Waals surface area (Å²) in [5.74, 6) is -0.399. The molecule has 1 aromatic carbocycles. The molecule has 0 bridgehead atoms. The van der Waals surface area contributed by atoms with Gasteiger partial charge in [-0.05, 0) is 47.4 Å². The van der Waals surface area contributed by atoms with Gasteiger partial charge in [0.1, 0.15) is 12.7 Å². The van der Waals surface area contributed by atoms with Gasteiger partial charge < -0.3 is 9.47 Å². The van der Waals surface area contributed by atoms with E-state index in [4.69, 9.17) is 9.47 Å². The largest absolute Gasteiger partial charge is 0.459 e. The number of methoxy groups -OCH3 is 1. The van der Waals surface area contributed by atoms with Crippen molar-refractivity contribution in [2.75, 3.05) is 55.5 Å². The van der Waals surface area contributed by atoms with Gasteiger partial charge in [0.05, 0.1) is 5.56 Å². The first-order chi connectivity index (χ1) is 11.2. The molecule has 0 aliphatic rings. The van der Waals surface area contributed by atoms with Crippen molar-refractivity contribution in [3.8, 4) is 0 Å². The molecule has 0 amide bonds. The molecule has 0 spiro atoms. The Morgan fingerprint density at radius 2 is 1.62 bits per heavy atom. The highest BCUT2D eigenvalue weighted by atomic mass is 31.2. The van der Waals surface area contributed by atoms with Crippen LogP contribution >= 0.6 is 7.59 Å². The highest BCUT2D eigenvalue weighted by Gasteiger charge is 2.34. The summed E-state index contributed by atoms with van der Waals surface area (Å²) in [4.78, 5) is 12.0. The molecule has 0 saturated carbocycles. The third-order valence-corrected chi connectivity index (χ3v) is 6.84. The van der Waals surface area contributed by atoms with E-state index in [2.05, 4.69) is 0 Å². The first kappa shape index (κ1) is 20.8. The molecule has 0 aliphatic heterocycles. The molecule has 0 heterocycles. The van der Waals surface area contributed by atoms with Crippen LogP contribution in [0.4, 0.5) is 0 Å². The Morgan fingerprint density at radius 3 is 2.08 bits per heavy atom. The number of hydrogen-bond donors (Lipinski definition) is 0. The zero-order chi connectivity index (χ0) is 18.3. The average molecular weight is 357 g/mol. The van der Waals surface area contributed by atoms with Crippen LogP contribution in [0, 0.1) is 0 Å². The highest BCUT2D eigenvalue weighted by molar-refractivity contribution is 7.56. The predicted molar refractivity (Wildman–Crippen MR) is 95.1 cm³/mol. The van der Waals surface area contributed by atoms with Gasteiger partial charge in [0.25, 0.3) is 7.59 Å². The Morgan fingerprint density at radius 1 is 1.08 bits per heavy atom. The van der Waals surface area contributed by atoms with Crippen molar-refractivity contribution in [3.63, 3.8) is 0 Å². The van der Waals surface area contributed by atoms with Crippen molar-refractivity contribution in [2.24, 2.45) is 0 Å². The van der Waals surface area contributed by atoms with E-state index < -0.39 is 13.6 Å². The minimum atomic E-state index is -2.85. The quantitative estimate of drug-likeness (QED) is 0.495. The van der Waals surface area contributed by atoms with Crippen LogP contribution in [0.1, 0.15) is 10.4 Å². The number of nitrogens with zero attached hydrogens (tertiary/aromatic N) is 3. The van der Waals surface area contributed by atoms with Gasteiger partial charge in [0.2, 0.25) is 0 Å². The Hall–Kier alpha value is -1.24. The predicted octanol–water partition coefficient (Wildman–Crippen LogP) is 2.02. The number of esters is 1. The summed E-state index contributed by atoms with van der Waals surface area (Å²) in [5.41, 5.74) is 0.493. The monoisotopic (exact) mass is 357 g/mol. The molecule has 1 unspecified atom stereocenters. The van der Waals surface area contributed by atoms with Crippen LogP contribution in [0.15, 0.2) is 30.3 Å². The summed E-state index contributed by atoms with van der Waals surface area (Å²) in [5, 5.41) is 0. The standard InChI is InChI=1S/C16H28N3O4P/c1-17(2)24(21,18(3)4)19(5)12-15(22-6)13-23-16(20)14-10-8-7-9-11-14/h7-11,15H,12-13H2,1-6H3. The van der Waals surface area contributed by atoms with Crippen LogP contribution in [0.5, 0.6) is 0 Å². The molecule has 24 heavy (non-hydrogen) atoms. The van der Waals surface area contributed by atoms with Crippen LogP contribution in [-0.4, -0.2) is 81.6 Å². The maximum absolute atomic E-state index is 13.1. The molecule has 136 valence electrons. The first-order valence-electron chi connectivity index (χ1n) is 7.65. The lowest BCUT2D eigenvalue weighted by molar-refractivity contribution is 0.00569. The zero-order valence-corrected chi connectivity index (χ0v) is 16.2. The van der Waals surface area contributed by atoms with Crippen molar-refractivity contribution in [2.45, 2.75) is 6.10 Å². The van der Waals surface area contributed by atoms with Gasteiger partial charge in [-0.2, -0.15) is 0 Å². The summed E-state index contributed by atoms with van der Waals surface area (Å²) in [6.45, 7) is 0.460. The molecule has 0 N–H and O–H groups in total. The molecular formula is C16H28N3O4P. The topological polar surface area (TPSA) is 62.3 Å². The molecule has 0 saturated heterocycles. The summed E-state index contributed by atoms with van der Waals surface area (Å²) in [6.07, 6.45) is -0.379. The molecule has 1 rings (SSSR count). The van der Waals surface area contributed by atoms with Crippen LogP contribution < -0.4 is 0 Å². The Kier molecular flexibility index (Phi) is 8.06. The summed E-state index contributed by atoms with van der Waals surface area (Å²) >= 11 is 0. The molecule has 0 radical (unpaired) electrons. The maximum atomic E-state index is 13.1. The molecule has 0 fully saturated rings. The van der Waals surface area contributed by atoms with Gasteiger partial charge in [0.15, 0.2) is 0 Å². The van der Waals surface area contributed by atoms with Gasteiger partial charge in [-0.1, -0.05) is 18.2 Å². The fourth-order valence-corrected chi connectivity index (χ4v) is 4.72. The van der Waals surface area contributed by atoms with Crippen LogP contribution in [0.2, 0.25) is 0 Å². The van der Waals surface area contributed by atoms with E-state index in [1.807, 2.05) is 6.07 Å². The lowest BCUT2D eigenvalue weighted by atomic mass is 10.2. The first-order valence-corrected chi connectivity index (χ1v) is 9.22. The maximum Gasteiger partial charge on any atom is 0.338 e. The Bertz CT molecular complexity index is 554. The van der Waals surface area contributed by atoms with E-state index in [9.17, 15) is 9.36 Å². The number of benzene rings is 1. The van der Waals surface area contributed by atoms with Crippen LogP contribution in [0.3, 0.4) is 0 Å². The molecule has 8 heteroatoms. The lowest BCUT2D eigenvalue weighted by Crippen LogP contribution is -2.39. The smallest absolute Gasteiger partial charge is 0.338 e. The van der Waals surface area contributed by atoms with Crippen molar-refractivity contribution in [1.82, 2.24) is 14.0 Å². The third-order valence-electron chi connectivity index (χ3n) is 3.70. The number of likely N-dealkylation sites (N-methyl/N-ethyl adjacent to an activating group) is 1. The molecule has 0 aromatic heterocycles. The minimum Gasteiger partial charge on any atom is -0.459 e. The van der Waals surface area contributed by atoms with E-state index in [0.29, 0.717) is 12.1 Å². The summed E-state index contributed by atoms with van der Waals surface area (Å²) in [7, 11) is 7.56. The zero-order valence-electron chi connectivity index (χ0n) is 15.3. The average Bonchev–Trinajstić information content (AvgIpc) is 2.57. The molecule has 1 atom stereocenters. The van der Waals surface area contributed by atoms with Crippen molar-refractivity contribution in [1.29, 1.82) is 0 Å². The van der Waals surface area contributed by atoms with Crippen molar-refractivity contribution >= 4 is 13.6 Å². The van der Waals surface area contributed by atoms with Gasteiger partial charge in [-0.3, -0.25) is 4.57 Å². The Labute approximate surface area is 144 Å². The number of carbonyl (C=O) groups is 1. The van der Waals surface area contributed by atoms with E-state index in [1.165, 1.54) is 0 Å². The van der Waals surface area contributed by atoms with Gasteiger partial charge >= 0.3 is 5.97 Å². The fraction of sp³-hybridized carbons (Fsp3) is 0.562. The van der Waals surface area contributed by atoms with Gasteiger partial charge in [0, 0.05) is 13.7 Å².